The molecule has 0 unspecified atom stereocenters. The van der Waals surface area contributed by atoms with Crippen LogP contribution in [0.4, 0.5) is 5.69 Å². The zero-order valence-electron chi connectivity index (χ0n) is 18.1. The molecule has 0 saturated carbocycles. The van der Waals surface area contributed by atoms with E-state index in [1.807, 2.05) is 35.4 Å². The number of carbonyl (C=O) groups is 1. The lowest BCUT2D eigenvalue weighted by Crippen LogP contribution is -2.49. The molecule has 3 aromatic rings. The van der Waals surface area contributed by atoms with E-state index in [2.05, 4.69) is 14.9 Å². The maximum atomic E-state index is 12.8. The molecule has 0 bridgehead atoms. The fourth-order valence-electron chi connectivity index (χ4n) is 3.80. The van der Waals surface area contributed by atoms with Crippen molar-refractivity contribution in [2.75, 3.05) is 31.1 Å². The Hall–Kier alpha value is -2.87. The number of pyridine rings is 1. The van der Waals surface area contributed by atoms with Crippen molar-refractivity contribution in [3.8, 4) is 0 Å². The van der Waals surface area contributed by atoms with Gasteiger partial charge in [-0.15, -0.1) is 0 Å². The number of nitrogens with zero attached hydrogens (tertiary/aromatic N) is 3. The number of sulfone groups is 1. The van der Waals surface area contributed by atoms with E-state index in [-0.39, 0.29) is 10.9 Å². The molecule has 31 heavy (non-hydrogen) atoms. The van der Waals surface area contributed by atoms with Gasteiger partial charge in [-0.25, -0.2) is 13.4 Å². The first kappa shape index (κ1) is 21.4. The van der Waals surface area contributed by atoms with Crippen LogP contribution in [0.1, 0.15) is 26.3 Å². The molecule has 1 saturated heterocycles. The van der Waals surface area contributed by atoms with Crippen molar-refractivity contribution in [3.63, 3.8) is 0 Å². The van der Waals surface area contributed by atoms with Crippen molar-refractivity contribution in [1.82, 2.24) is 14.9 Å². The number of amides is 1. The maximum Gasteiger partial charge on any atom is 0.227 e. The number of hydrogen-bond acceptors (Lipinski definition) is 5. The van der Waals surface area contributed by atoms with Crippen LogP contribution in [0, 0.1) is 0 Å². The second kappa shape index (κ2) is 8.00. The van der Waals surface area contributed by atoms with Gasteiger partial charge in [0.05, 0.1) is 23.1 Å². The minimum atomic E-state index is -3.47. The number of benzene rings is 1. The first-order chi connectivity index (χ1) is 14.7. The molecule has 1 aliphatic heterocycles. The summed E-state index contributed by atoms with van der Waals surface area (Å²) in [4.78, 5) is 24.3. The number of piperazine rings is 1. The predicted octanol–water partition coefficient (Wildman–Crippen LogP) is 3.03. The highest BCUT2D eigenvalue weighted by molar-refractivity contribution is 7.92. The van der Waals surface area contributed by atoms with Gasteiger partial charge < -0.3 is 14.8 Å². The summed E-state index contributed by atoms with van der Waals surface area (Å²) in [7, 11) is -3.47. The summed E-state index contributed by atoms with van der Waals surface area (Å²) in [5.41, 5.74) is 2.93. The standard InChI is InChI=1S/C23H28N4O3S/c1-23(2,3)31(29,30)21-9-8-18(16-25-21)26-10-12-27(13-11-26)22(28)14-17-15-24-20-7-5-4-6-19(17)20/h4-9,15-16,24H,10-14H2,1-3H3. The number of fused-ring (bicyclic) bond motifs is 1. The Labute approximate surface area is 183 Å². The quantitative estimate of drug-likeness (QED) is 0.674. The number of aromatic nitrogens is 2. The first-order valence-electron chi connectivity index (χ1n) is 10.5. The molecule has 0 atom stereocenters. The van der Waals surface area contributed by atoms with Gasteiger partial charge in [0.2, 0.25) is 5.91 Å². The normalized spacial score (nSPS) is 15.5. The van der Waals surface area contributed by atoms with Gasteiger partial charge in [0.25, 0.3) is 0 Å². The van der Waals surface area contributed by atoms with E-state index in [0.717, 1.165) is 22.2 Å². The van der Waals surface area contributed by atoms with Gasteiger partial charge in [-0.1, -0.05) is 18.2 Å². The molecule has 1 aromatic carbocycles. The lowest BCUT2D eigenvalue weighted by Gasteiger charge is -2.36. The number of para-hydroxylation sites is 1. The molecule has 7 nitrogen and oxygen atoms in total. The molecule has 1 N–H and O–H groups in total. The van der Waals surface area contributed by atoms with Crippen LogP contribution < -0.4 is 4.90 Å². The molecule has 8 heteroatoms. The predicted molar refractivity (Wildman–Crippen MR) is 122 cm³/mol. The van der Waals surface area contributed by atoms with E-state index in [4.69, 9.17) is 0 Å². The van der Waals surface area contributed by atoms with Gasteiger partial charge in [0.1, 0.15) is 0 Å². The molecule has 2 aromatic heterocycles. The third-order valence-electron chi connectivity index (χ3n) is 5.82. The van der Waals surface area contributed by atoms with Gasteiger partial charge >= 0.3 is 0 Å². The Kier molecular flexibility index (Phi) is 5.51. The molecule has 0 radical (unpaired) electrons. The molecule has 4 rings (SSSR count). The van der Waals surface area contributed by atoms with E-state index in [1.54, 1.807) is 39.1 Å². The van der Waals surface area contributed by atoms with Crippen molar-refractivity contribution in [2.24, 2.45) is 0 Å². The summed E-state index contributed by atoms with van der Waals surface area (Å²) in [6.45, 7) is 7.64. The average Bonchev–Trinajstić information content (AvgIpc) is 3.16. The zero-order valence-corrected chi connectivity index (χ0v) is 18.9. The van der Waals surface area contributed by atoms with Gasteiger partial charge in [0, 0.05) is 43.3 Å². The summed E-state index contributed by atoms with van der Waals surface area (Å²) in [6.07, 6.45) is 3.91. The number of H-pyrrole nitrogens is 1. The van der Waals surface area contributed by atoms with Crippen LogP contribution >= 0.6 is 0 Å². The Morgan fingerprint density at radius 2 is 1.77 bits per heavy atom. The second-order valence-electron chi connectivity index (χ2n) is 8.87. The SMILES string of the molecule is CC(C)(C)S(=O)(=O)c1ccc(N2CCN(C(=O)Cc3c[nH]c4ccccc34)CC2)cn1. The Morgan fingerprint density at radius 3 is 2.42 bits per heavy atom. The van der Waals surface area contributed by atoms with Crippen LogP contribution in [0.25, 0.3) is 10.9 Å². The van der Waals surface area contributed by atoms with E-state index < -0.39 is 14.6 Å². The van der Waals surface area contributed by atoms with Crippen LogP contribution in [0.2, 0.25) is 0 Å². The van der Waals surface area contributed by atoms with Crippen LogP contribution in [-0.2, 0) is 21.1 Å². The molecule has 1 amide bonds. The molecule has 0 spiro atoms. The van der Waals surface area contributed by atoms with Crippen LogP contribution in [-0.4, -0.2) is 60.1 Å². The second-order valence-corrected chi connectivity index (χ2v) is 11.5. The minimum absolute atomic E-state index is 0.0938. The monoisotopic (exact) mass is 440 g/mol. The fraction of sp³-hybridized carbons (Fsp3) is 0.391. The van der Waals surface area contributed by atoms with Crippen LogP contribution in [0.15, 0.2) is 53.8 Å². The Balaban J connectivity index is 1.38. The van der Waals surface area contributed by atoms with E-state index in [0.29, 0.717) is 32.6 Å². The molecule has 1 fully saturated rings. The summed E-state index contributed by atoms with van der Waals surface area (Å²) in [6, 6.07) is 11.4. The first-order valence-corrected chi connectivity index (χ1v) is 11.9. The van der Waals surface area contributed by atoms with Crippen molar-refractivity contribution in [3.05, 3.63) is 54.4 Å². The summed E-state index contributed by atoms with van der Waals surface area (Å²) >= 11 is 0. The van der Waals surface area contributed by atoms with Crippen molar-refractivity contribution in [1.29, 1.82) is 0 Å². The van der Waals surface area contributed by atoms with E-state index in [1.165, 1.54) is 0 Å². The smallest absolute Gasteiger partial charge is 0.227 e. The lowest BCUT2D eigenvalue weighted by atomic mass is 10.1. The molecular formula is C23H28N4O3S. The van der Waals surface area contributed by atoms with Gasteiger partial charge in [-0.05, 0) is 44.5 Å². The van der Waals surface area contributed by atoms with Gasteiger partial charge in [-0.2, -0.15) is 0 Å². The average molecular weight is 441 g/mol. The van der Waals surface area contributed by atoms with E-state index >= 15 is 0 Å². The molecule has 164 valence electrons. The maximum absolute atomic E-state index is 12.8. The third-order valence-corrected chi connectivity index (χ3v) is 8.22. The molecule has 1 aliphatic rings. The molecule has 0 aliphatic carbocycles. The van der Waals surface area contributed by atoms with Crippen molar-refractivity contribution in [2.45, 2.75) is 37.0 Å². The number of hydrogen-bond donors (Lipinski definition) is 1. The molecule has 3 heterocycles. The van der Waals surface area contributed by atoms with Gasteiger partial charge in [0.15, 0.2) is 14.9 Å². The highest BCUT2D eigenvalue weighted by Crippen LogP contribution is 2.25. The highest BCUT2D eigenvalue weighted by atomic mass is 32.2. The topological polar surface area (TPSA) is 86.4 Å². The summed E-state index contributed by atoms with van der Waals surface area (Å²) in [5.74, 6) is 0.120. The zero-order chi connectivity index (χ0) is 22.2. The summed E-state index contributed by atoms with van der Waals surface area (Å²) in [5, 5.41) is 1.18. The number of nitrogens with one attached hydrogen (secondary N) is 1. The largest absolute Gasteiger partial charge is 0.367 e. The third kappa shape index (κ3) is 4.17. The van der Waals surface area contributed by atoms with E-state index in [9.17, 15) is 13.2 Å². The van der Waals surface area contributed by atoms with Gasteiger partial charge in [-0.3, -0.25) is 4.79 Å². The Morgan fingerprint density at radius 1 is 1.06 bits per heavy atom. The number of carbonyl (C=O) groups excluding carboxylic acids is 1. The minimum Gasteiger partial charge on any atom is -0.367 e. The number of rotatable bonds is 4. The summed E-state index contributed by atoms with van der Waals surface area (Å²) < 4.78 is 24.2. The fourth-order valence-corrected chi connectivity index (χ4v) is 4.86. The number of aromatic amines is 1. The van der Waals surface area contributed by atoms with Crippen molar-refractivity contribution >= 4 is 32.3 Å². The highest BCUT2D eigenvalue weighted by Gasteiger charge is 2.32. The van der Waals surface area contributed by atoms with Crippen LogP contribution in [0.3, 0.4) is 0 Å². The van der Waals surface area contributed by atoms with Crippen LogP contribution in [0.5, 0.6) is 0 Å². The Bertz CT molecular complexity index is 1190. The van der Waals surface area contributed by atoms with Crippen molar-refractivity contribution < 1.29 is 13.2 Å². The number of anilines is 1. The lowest BCUT2D eigenvalue weighted by molar-refractivity contribution is -0.130. The molecular weight excluding hydrogens is 412 g/mol.